The van der Waals surface area contributed by atoms with Gasteiger partial charge in [-0.25, -0.2) is 0 Å². The van der Waals surface area contributed by atoms with Crippen molar-refractivity contribution >= 4 is 29.1 Å². The maximum atomic E-state index is 11.3. The number of allylic oxidation sites excluding steroid dienone is 1. The SMILES string of the molecule is CNc1ccc(NC)c(/C(=C\C=O)C(N)=O)c1. The van der Waals surface area contributed by atoms with Crippen molar-refractivity contribution in [3.63, 3.8) is 0 Å². The Kier molecular flexibility index (Phi) is 4.28. The largest absolute Gasteiger partial charge is 0.388 e. The Morgan fingerprint density at radius 2 is 2.00 bits per heavy atom. The number of rotatable bonds is 5. The van der Waals surface area contributed by atoms with Crippen molar-refractivity contribution in [1.29, 1.82) is 0 Å². The molecule has 0 spiro atoms. The molecule has 0 saturated carbocycles. The molecule has 0 atom stereocenters. The highest BCUT2D eigenvalue weighted by atomic mass is 16.1. The maximum absolute atomic E-state index is 11.3. The third-order valence-corrected chi connectivity index (χ3v) is 2.37. The number of nitrogens with two attached hydrogens (primary N) is 1. The van der Waals surface area contributed by atoms with Crippen LogP contribution in [0.25, 0.3) is 5.57 Å². The van der Waals surface area contributed by atoms with Gasteiger partial charge in [0.15, 0.2) is 0 Å². The van der Waals surface area contributed by atoms with Crippen LogP contribution in [-0.4, -0.2) is 26.3 Å². The molecule has 1 aromatic carbocycles. The van der Waals surface area contributed by atoms with Crippen LogP contribution < -0.4 is 16.4 Å². The van der Waals surface area contributed by atoms with E-state index in [-0.39, 0.29) is 5.57 Å². The molecule has 0 unspecified atom stereocenters. The molecule has 90 valence electrons. The Labute approximate surface area is 99.7 Å². The van der Waals surface area contributed by atoms with Crippen molar-refractivity contribution in [2.75, 3.05) is 24.7 Å². The number of anilines is 2. The number of hydrogen-bond donors (Lipinski definition) is 3. The molecule has 1 amide bonds. The summed E-state index contributed by atoms with van der Waals surface area (Å²) in [6.07, 6.45) is 1.71. The van der Waals surface area contributed by atoms with Gasteiger partial charge in [-0.15, -0.1) is 0 Å². The summed E-state index contributed by atoms with van der Waals surface area (Å²) in [6, 6.07) is 5.42. The molecule has 17 heavy (non-hydrogen) atoms. The first-order valence-corrected chi connectivity index (χ1v) is 5.09. The first-order chi connectivity index (χ1) is 8.13. The molecule has 0 heterocycles. The first-order valence-electron chi connectivity index (χ1n) is 5.09. The summed E-state index contributed by atoms with van der Waals surface area (Å²) < 4.78 is 0. The van der Waals surface area contributed by atoms with Gasteiger partial charge in [-0.2, -0.15) is 0 Å². The van der Waals surface area contributed by atoms with Gasteiger partial charge in [0.05, 0.1) is 5.57 Å². The molecule has 0 radical (unpaired) electrons. The fraction of sp³-hybridized carbons (Fsp3) is 0.167. The fourth-order valence-corrected chi connectivity index (χ4v) is 1.51. The van der Waals surface area contributed by atoms with E-state index in [0.29, 0.717) is 11.8 Å². The van der Waals surface area contributed by atoms with Gasteiger partial charge >= 0.3 is 0 Å². The lowest BCUT2D eigenvalue weighted by Crippen LogP contribution is -2.14. The van der Waals surface area contributed by atoms with Crippen molar-refractivity contribution < 1.29 is 9.59 Å². The van der Waals surface area contributed by atoms with Crippen LogP contribution in [0.2, 0.25) is 0 Å². The Balaban J connectivity index is 3.39. The van der Waals surface area contributed by atoms with E-state index in [9.17, 15) is 9.59 Å². The molecular formula is C12H15N3O2. The lowest BCUT2D eigenvalue weighted by molar-refractivity contribution is -0.113. The van der Waals surface area contributed by atoms with Crippen LogP contribution in [-0.2, 0) is 9.59 Å². The zero-order valence-electron chi connectivity index (χ0n) is 9.78. The second kappa shape index (κ2) is 5.69. The zero-order chi connectivity index (χ0) is 12.8. The third-order valence-electron chi connectivity index (χ3n) is 2.37. The van der Waals surface area contributed by atoms with E-state index in [1.165, 1.54) is 0 Å². The summed E-state index contributed by atoms with van der Waals surface area (Å²) in [4.78, 5) is 21.8. The normalized spacial score (nSPS) is 10.8. The third kappa shape index (κ3) is 2.84. The van der Waals surface area contributed by atoms with Crippen molar-refractivity contribution in [2.45, 2.75) is 0 Å². The molecular weight excluding hydrogens is 218 g/mol. The van der Waals surface area contributed by atoms with E-state index < -0.39 is 5.91 Å². The van der Waals surface area contributed by atoms with E-state index >= 15 is 0 Å². The van der Waals surface area contributed by atoms with Gasteiger partial charge in [0.1, 0.15) is 6.29 Å². The van der Waals surface area contributed by atoms with E-state index in [0.717, 1.165) is 17.5 Å². The molecule has 0 aromatic heterocycles. The van der Waals surface area contributed by atoms with Gasteiger partial charge in [-0.1, -0.05) is 0 Å². The predicted octanol–water partition coefficient (Wildman–Crippen LogP) is 0.838. The number of carbonyl (C=O) groups is 2. The van der Waals surface area contributed by atoms with Gasteiger partial charge in [0, 0.05) is 31.0 Å². The highest BCUT2D eigenvalue weighted by Gasteiger charge is 2.12. The lowest BCUT2D eigenvalue weighted by atomic mass is 10.0. The smallest absolute Gasteiger partial charge is 0.249 e. The molecule has 1 aromatic rings. The van der Waals surface area contributed by atoms with Gasteiger partial charge in [0.25, 0.3) is 0 Å². The predicted molar refractivity (Wildman–Crippen MR) is 68.8 cm³/mol. The van der Waals surface area contributed by atoms with E-state index in [4.69, 9.17) is 5.73 Å². The number of aldehydes is 1. The molecule has 5 nitrogen and oxygen atoms in total. The molecule has 4 N–H and O–H groups in total. The molecule has 0 saturated heterocycles. The summed E-state index contributed by atoms with van der Waals surface area (Å²) in [5.41, 5.74) is 7.60. The zero-order valence-corrected chi connectivity index (χ0v) is 9.78. The topological polar surface area (TPSA) is 84.2 Å². The molecule has 1 rings (SSSR count). The number of benzene rings is 1. The Hall–Kier alpha value is -2.30. The summed E-state index contributed by atoms with van der Waals surface area (Å²) in [5, 5.41) is 5.91. The van der Waals surface area contributed by atoms with Crippen molar-refractivity contribution in [2.24, 2.45) is 5.73 Å². The Bertz CT molecular complexity index is 467. The van der Waals surface area contributed by atoms with Crippen LogP contribution in [0.5, 0.6) is 0 Å². The summed E-state index contributed by atoms with van der Waals surface area (Å²) in [5.74, 6) is -0.637. The number of nitrogens with one attached hydrogen (secondary N) is 2. The van der Waals surface area contributed by atoms with Crippen LogP contribution >= 0.6 is 0 Å². The van der Waals surface area contributed by atoms with E-state index in [1.54, 1.807) is 20.2 Å². The second-order valence-electron chi connectivity index (χ2n) is 3.34. The summed E-state index contributed by atoms with van der Waals surface area (Å²) in [6.45, 7) is 0. The van der Waals surface area contributed by atoms with Crippen molar-refractivity contribution in [3.8, 4) is 0 Å². The Morgan fingerprint density at radius 1 is 1.29 bits per heavy atom. The average molecular weight is 233 g/mol. The minimum absolute atomic E-state index is 0.182. The first kappa shape index (κ1) is 12.8. The Morgan fingerprint density at radius 3 is 2.47 bits per heavy atom. The number of primary amides is 1. The molecule has 0 bridgehead atoms. The molecule has 0 aliphatic carbocycles. The monoisotopic (exact) mass is 233 g/mol. The summed E-state index contributed by atoms with van der Waals surface area (Å²) >= 11 is 0. The van der Waals surface area contributed by atoms with Crippen molar-refractivity contribution in [1.82, 2.24) is 0 Å². The van der Waals surface area contributed by atoms with Crippen LogP contribution in [0.4, 0.5) is 11.4 Å². The minimum atomic E-state index is -0.637. The lowest BCUT2D eigenvalue weighted by Gasteiger charge is -2.12. The summed E-state index contributed by atoms with van der Waals surface area (Å²) in [7, 11) is 3.50. The highest BCUT2D eigenvalue weighted by Crippen LogP contribution is 2.26. The number of carbonyl (C=O) groups excluding carboxylic acids is 2. The highest BCUT2D eigenvalue weighted by molar-refractivity contribution is 6.22. The van der Waals surface area contributed by atoms with Crippen LogP contribution in [0.15, 0.2) is 24.3 Å². The number of hydrogen-bond acceptors (Lipinski definition) is 4. The number of amides is 1. The maximum Gasteiger partial charge on any atom is 0.249 e. The van der Waals surface area contributed by atoms with Gasteiger partial charge in [-0.3, -0.25) is 9.59 Å². The van der Waals surface area contributed by atoms with Gasteiger partial charge in [-0.05, 0) is 24.3 Å². The van der Waals surface area contributed by atoms with E-state index in [1.807, 2.05) is 12.1 Å². The van der Waals surface area contributed by atoms with Crippen LogP contribution in [0, 0.1) is 0 Å². The second-order valence-corrected chi connectivity index (χ2v) is 3.34. The molecule has 5 heteroatoms. The average Bonchev–Trinajstić information content (AvgIpc) is 2.34. The van der Waals surface area contributed by atoms with Crippen LogP contribution in [0.3, 0.4) is 0 Å². The molecule has 0 fully saturated rings. The van der Waals surface area contributed by atoms with Gasteiger partial charge < -0.3 is 16.4 Å². The standard InChI is InChI=1S/C12H15N3O2/c1-14-8-3-4-11(15-2)10(7-8)9(5-6-16)12(13)17/h3-7,14-15H,1-2H3,(H2,13,17)/b9-5+. The fourth-order valence-electron chi connectivity index (χ4n) is 1.51. The van der Waals surface area contributed by atoms with Crippen LogP contribution in [0.1, 0.15) is 5.56 Å². The quantitative estimate of drug-likeness (QED) is 0.519. The van der Waals surface area contributed by atoms with Gasteiger partial charge in [0.2, 0.25) is 5.91 Å². The molecule has 0 aliphatic rings. The van der Waals surface area contributed by atoms with Crippen molar-refractivity contribution in [3.05, 3.63) is 29.8 Å². The van der Waals surface area contributed by atoms with E-state index in [2.05, 4.69) is 10.6 Å². The molecule has 0 aliphatic heterocycles. The minimum Gasteiger partial charge on any atom is -0.388 e.